The van der Waals surface area contributed by atoms with E-state index >= 15 is 0 Å². The lowest BCUT2D eigenvalue weighted by molar-refractivity contribution is -0.137. The fourth-order valence-corrected chi connectivity index (χ4v) is 2.77. The third kappa shape index (κ3) is 4.76. The van der Waals surface area contributed by atoms with Gasteiger partial charge < -0.3 is 4.98 Å². The molecule has 0 saturated carbocycles. The van der Waals surface area contributed by atoms with Crippen LogP contribution in [0.1, 0.15) is 34.0 Å². The van der Waals surface area contributed by atoms with E-state index in [1.54, 1.807) is 30.3 Å². The van der Waals surface area contributed by atoms with Gasteiger partial charge in [-0.15, -0.1) is 0 Å². The number of hydrogen-bond donors (Lipinski definition) is 1. The largest absolute Gasteiger partial charge is 0.416 e. The van der Waals surface area contributed by atoms with Gasteiger partial charge in [-0.2, -0.15) is 18.4 Å². The van der Waals surface area contributed by atoms with E-state index < -0.39 is 29.0 Å². The molecular weight excluding hydrogens is 383 g/mol. The van der Waals surface area contributed by atoms with Crippen LogP contribution in [0.4, 0.5) is 13.2 Å². The van der Waals surface area contributed by atoms with E-state index in [1.165, 1.54) is 12.1 Å². The monoisotopic (exact) mass is 397 g/mol. The minimum Gasteiger partial charge on any atom is -0.306 e. The first-order valence-electron chi connectivity index (χ1n) is 8.54. The highest BCUT2D eigenvalue weighted by molar-refractivity contribution is 5.95. The van der Waals surface area contributed by atoms with Crippen molar-refractivity contribution in [2.45, 2.75) is 18.5 Å². The molecule has 3 rings (SSSR count). The van der Waals surface area contributed by atoms with Crippen molar-refractivity contribution >= 4 is 5.78 Å². The number of alkyl halides is 3. The van der Waals surface area contributed by atoms with Crippen LogP contribution < -0.4 is 5.56 Å². The Labute approximate surface area is 163 Å². The highest BCUT2D eigenvalue weighted by atomic mass is 19.4. The van der Waals surface area contributed by atoms with Gasteiger partial charge in [-0.25, -0.2) is 4.98 Å². The lowest BCUT2D eigenvalue weighted by Gasteiger charge is -2.11. The van der Waals surface area contributed by atoms with Gasteiger partial charge >= 0.3 is 6.18 Å². The Hall–Kier alpha value is -3.73. The van der Waals surface area contributed by atoms with Gasteiger partial charge in [0, 0.05) is 18.1 Å². The lowest BCUT2D eigenvalue weighted by Crippen LogP contribution is -2.15. The van der Waals surface area contributed by atoms with Crippen molar-refractivity contribution in [2.24, 2.45) is 0 Å². The van der Waals surface area contributed by atoms with Crippen LogP contribution in [0.3, 0.4) is 0 Å². The molecule has 0 amide bonds. The standard InChI is InChI=1S/C21H14F3N3O2/c22-21(23,24)16-8-6-13(7-9-16)15(12-25)10-18(28)17-11-19(29)27-20(26-17)14-4-2-1-3-5-14/h1-9,11,15H,10H2,(H,26,27,29). The molecule has 0 fully saturated rings. The average Bonchev–Trinajstić information content (AvgIpc) is 2.71. The molecule has 0 bridgehead atoms. The van der Waals surface area contributed by atoms with Gasteiger partial charge in [0.1, 0.15) is 11.5 Å². The Kier molecular flexibility index (Phi) is 5.59. The maximum atomic E-state index is 12.7. The van der Waals surface area contributed by atoms with Gasteiger partial charge in [-0.1, -0.05) is 42.5 Å². The summed E-state index contributed by atoms with van der Waals surface area (Å²) in [5.74, 6) is -1.31. The number of aromatic nitrogens is 2. The average molecular weight is 397 g/mol. The summed E-state index contributed by atoms with van der Waals surface area (Å²) in [5.41, 5.74) is -0.584. The summed E-state index contributed by atoms with van der Waals surface area (Å²) in [4.78, 5) is 31.2. The molecule has 29 heavy (non-hydrogen) atoms. The predicted molar refractivity (Wildman–Crippen MR) is 99.0 cm³/mol. The molecule has 0 spiro atoms. The molecule has 1 aromatic heterocycles. The molecule has 3 aromatic rings. The number of carbonyl (C=O) groups excluding carboxylic acids is 1. The Balaban J connectivity index is 1.84. The van der Waals surface area contributed by atoms with Crippen LogP contribution in [0.25, 0.3) is 11.4 Å². The van der Waals surface area contributed by atoms with Crippen LogP contribution in [0.5, 0.6) is 0 Å². The van der Waals surface area contributed by atoms with Crippen LogP contribution in [0, 0.1) is 11.3 Å². The topological polar surface area (TPSA) is 86.6 Å². The van der Waals surface area contributed by atoms with E-state index in [2.05, 4.69) is 9.97 Å². The number of nitrogens with zero attached hydrogens (tertiary/aromatic N) is 2. The molecule has 5 nitrogen and oxygen atoms in total. The molecule has 0 aliphatic carbocycles. The summed E-state index contributed by atoms with van der Waals surface area (Å²) in [5, 5.41) is 9.38. The van der Waals surface area contributed by atoms with Crippen LogP contribution >= 0.6 is 0 Å². The maximum absolute atomic E-state index is 12.7. The Bertz CT molecular complexity index is 1110. The summed E-state index contributed by atoms with van der Waals surface area (Å²) < 4.78 is 38.1. The number of hydrogen-bond acceptors (Lipinski definition) is 4. The minimum absolute atomic E-state index is 0.111. The van der Waals surface area contributed by atoms with Crippen LogP contribution in [-0.2, 0) is 6.18 Å². The fourth-order valence-electron chi connectivity index (χ4n) is 2.77. The number of rotatable bonds is 5. The predicted octanol–water partition coefficient (Wildman–Crippen LogP) is 4.34. The molecule has 8 heteroatoms. The number of nitriles is 1. The first-order chi connectivity index (χ1) is 13.8. The van der Waals surface area contributed by atoms with E-state index in [9.17, 15) is 28.0 Å². The molecule has 0 aliphatic heterocycles. The number of benzene rings is 2. The number of ketones is 1. The van der Waals surface area contributed by atoms with Crippen molar-refractivity contribution in [3.8, 4) is 17.5 Å². The molecule has 2 aromatic carbocycles. The molecule has 1 atom stereocenters. The first-order valence-corrected chi connectivity index (χ1v) is 8.54. The zero-order chi connectivity index (χ0) is 21.0. The van der Waals surface area contributed by atoms with Crippen molar-refractivity contribution in [1.29, 1.82) is 5.26 Å². The van der Waals surface area contributed by atoms with Crippen molar-refractivity contribution < 1.29 is 18.0 Å². The number of Topliss-reactive ketones (excluding diaryl/α,β-unsaturated/α-hetero) is 1. The number of carbonyl (C=O) groups is 1. The highest BCUT2D eigenvalue weighted by Crippen LogP contribution is 2.31. The van der Waals surface area contributed by atoms with Crippen molar-refractivity contribution in [2.75, 3.05) is 0 Å². The second kappa shape index (κ2) is 8.10. The summed E-state index contributed by atoms with van der Waals surface area (Å²) >= 11 is 0. The highest BCUT2D eigenvalue weighted by Gasteiger charge is 2.30. The number of H-pyrrole nitrogens is 1. The number of halogens is 3. The van der Waals surface area contributed by atoms with E-state index in [1.807, 2.05) is 6.07 Å². The molecule has 1 heterocycles. The van der Waals surface area contributed by atoms with Crippen molar-refractivity contribution in [1.82, 2.24) is 9.97 Å². The van der Waals surface area contributed by atoms with Gasteiger partial charge in [0.05, 0.1) is 17.6 Å². The van der Waals surface area contributed by atoms with E-state index in [-0.39, 0.29) is 23.5 Å². The minimum atomic E-state index is -4.49. The quantitative estimate of drug-likeness (QED) is 0.649. The second-order valence-electron chi connectivity index (χ2n) is 6.27. The summed E-state index contributed by atoms with van der Waals surface area (Å²) in [6.07, 6.45) is -4.80. The van der Waals surface area contributed by atoms with Crippen LogP contribution in [0.2, 0.25) is 0 Å². The number of nitrogens with one attached hydrogen (secondary N) is 1. The molecular formula is C21H14F3N3O2. The Morgan fingerprint density at radius 3 is 2.34 bits per heavy atom. The summed E-state index contributed by atoms with van der Waals surface area (Å²) in [6, 6.07) is 15.8. The summed E-state index contributed by atoms with van der Waals surface area (Å²) in [7, 11) is 0. The maximum Gasteiger partial charge on any atom is 0.416 e. The Morgan fingerprint density at radius 1 is 1.10 bits per heavy atom. The molecule has 1 N–H and O–H groups in total. The smallest absolute Gasteiger partial charge is 0.306 e. The normalized spacial score (nSPS) is 12.2. The van der Waals surface area contributed by atoms with Crippen molar-refractivity contribution in [3.05, 3.63) is 87.8 Å². The van der Waals surface area contributed by atoms with E-state index in [0.717, 1.165) is 18.2 Å². The van der Waals surface area contributed by atoms with Crippen molar-refractivity contribution in [3.63, 3.8) is 0 Å². The van der Waals surface area contributed by atoms with Gasteiger partial charge in [0.15, 0.2) is 5.78 Å². The van der Waals surface area contributed by atoms with Gasteiger partial charge in [-0.05, 0) is 17.7 Å². The fraction of sp³-hybridized carbons (Fsp3) is 0.143. The zero-order valence-corrected chi connectivity index (χ0v) is 14.9. The summed E-state index contributed by atoms with van der Waals surface area (Å²) in [6.45, 7) is 0. The van der Waals surface area contributed by atoms with Gasteiger partial charge in [-0.3, -0.25) is 9.59 Å². The molecule has 1 unspecified atom stereocenters. The molecule has 146 valence electrons. The lowest BCUT2D eigenvalue weighted by atomic mass is 9.93. The van der Waals surface area contributed by atoms with Crippen LogP contribution in [-0.4, -0.2) is 15.8 Å². The van der Waals surface area contributed by atoms with E-state index in [4.69, 9.17) is 0 Å². The molecule has 0 radical (unpaired) electrons. The first kappa shape index (κ1) is 20.0. The van der Waals surface area contributed by atoms with Gasteiger partial charge in [0.25, 0.3) is 5.56 Å². The second-order valence-corrected chi connectivity index (χ2v) is 6.27. The van der Waals surface area contributed by atoms with Gasteiger partial charge in [0.2, 0.25) is 0 Å². The molecule has 0 aliphatic rings. The third-order valence-electron chi connectivity index (χ3n) is 4.26. The number of aromatic amines is 1. The SMILES string of the molecule is N#CC(CC(=O)c1cc(=O)[nH]c(-c2ccccc2)n1)c1ccc(C(F)(F)F)cc1. The molecule has 0 saturated heterocycles. The van der Waals surface area contributed by atoms with Crippen LogP contribution in [0.15, 0.2) is 65.5 Å². The van der Waals surface area contributed by atoms with E-state index in [0.29, 0.717) is 5.56 Å². The third-order valence-corrected chi connectivity index (χ3v) is 4.26. The zero-order valence-electron chi connectivity index (χ0n) is 14.9. The Morgan fingerprint density at radius 2 is 1.76 bits per heavy atom.